The van der Waals surface area contributed by atoms with Crippen molar-refractivity contribution in [3.63, 3.8) is 0 Å². The van der Waals surface area contributed by atoms with Gasteiger partial charge in [-0.15, -0.1) is 0 Å². The molecule has 1 aliphatic carbocycles. The van der Waals surface area contributed by atoms with Gasteiger partial charge >= 0.3 is 0 Å². The summed E-state index contributed by atoms with van der Waals surface area (Å²) in [4.78, 5) is 0. The van der Waals surface area contributed by atoms with Crippen LogP contribution in [0.1, 0.15) is 52.9 Å². The Morgan fingerprint density at radius 1 is 1.42 bits per heavy atom. The second-order valence-electron chi connectivity index (χ2n) is 4.44. The summed E-state index contributed by atoms with van der Waals surface area (Å²) in [6.07, 6.45) is 6.91. The summed E-state index contributed by atoms with van der Waals surface area (Å²) < 4.78 is 0. The molecule has 3 atom stereocenters. The largest absolute Gasteiger partial charge is 0.312 e. The van der Waals surface area contributed by atoms with Crippen LogP contribution in [-0.2, 0) is 0 Å². The molecule has 0 aromatic heterocycles. The van der Waals surface area contributed by atoms with Crippen LogP contribution in [0.15, 0.2) is 0 Å². The van der Waals surface area contributed by atoms with Crippen molar-refractivity contribution >= 4 is 0 Å². The summed E-state index contributed by atoms with van der Waals surface area (Å²) in [5.41, 5.74) is 0. The number of nitrogens with one attached hydrogen (secondary N) is 1. The zero-order valence-corrected chi connectivity index (χ0v) is 8.77. The van der Waals surface area contributed by atoms with E-state index in [-0.39, 0.29) is 0 Å². The van der Waals surface area contributed by atoms with Gasteiger partial charge in [0.2, 0.25) is 0 Å². The van der Waals surface area contributed by atoms with Gasteiger partial charge in [0, 0.05) is 12.1 Å². The van der Waals surface area contributed by atoms with Gasteiger partial charge in [-0.25, -0.2) is 0 Å². The van der Waals surface area contributed by atoms with Crippen molar-refractivity contribution in [1.82, 2.24) is 5.32 Å². The number of hydrogen-bond acceptors (Lipinski definition) is 1. The van der Waals surface area contributed by atoms with Crippen molar-refractivity contribution in [2.75, 3.05) is 0 Å². The fourth-order valence-corrected chi connectivity index (χ4v) is 2.11. The van der Waals surface area contributed by atoms with E-state index in [0.717, 1.165) is 12.0 Å². The molecule has 0 bridgehead atoms. The van der Waals surface area contributed by atoms with Crippen LogP contribution in [-0.4, -0.2) is 12.1 Å². The molecular formula is C11H23N. The molecule has 0 radical (unpaired) electrons. The standard InChI is InChI=1S/C11H23N/c1-4-10(3)12-11-7-5-6-9(2)8-11/h9-12H,4-8H2,1-3H3/t9-,10-,11+/m0/s1. The van der Waals surface area contributed by atoms with Crippen molar-refractivity contribution in [2.45, 2.75) is 65.0 Å². The van der Waals surface area contributed by atoms with E-state index in [1.807, 2.05) is 0 Å². The van der Waals surface area contributed by atoms with Gasteiger partial charge in [-0.05, 0) is 32.1 Å². The minimum Gasteiger partial charge on any atom is -0.312 e. The highest BCUT2D eigenvalue weighted by molar-refractivity contribution is 4.77. The molecule has 1 nitrogen and oxygen atoms in total. The van der Waals surface area contributed by atoms with Crippen LogP contribution in [0.25, 0.3) is 0 Å². The topological polar surface area (TPSA) is 12.0 Å². The Hall–Kier alpha value is -0.0400. The van der Waals surface area contributed by atoms with E-state index in [1.165, 1.54) is 32.1 Å². The third kappa shape index (κ3) is 3.14. The molecule has 1 fully saturated rings. The summed E-state index contributed by atoms with van der Waals surface area (Å²) in [6.45, 7) is 6.92. The Morgan fingerprint density at radius 2 is 2.17 bits per heavy atom. The van der Waals surface area contributed by atoms with E-state index < -0.39 is 0 Å². The van der Waals surface area contributed by atoms with E-state index >= 15 is 0 Å². The quantitative estimate of drug-likeness (QED) is 0.685. The Morgan fingerprint density at radius 3 is 2.75 bits per heavy atom. The van der Waals surface area contributed by atoms with Gasteiger partial charge in [0.25, 0.3) is 0 Å². The Bertz CT molecular complexity index is 122. The van der Waals surface area contributed by atoms with E-state index in [0.29, 0.717) is 6.04 Å². The van der Waals surface area contributed by atoms with Crippen LogP contribution in [0.2, 0.25) is 0 Å². The molecule has 72 valence electrons. The molecule has 12 heavy (non-hydrogen) atoms. The predicted molar refractivity (Wildman–Crippen MR) is 54.3 cm³/mol. The van der Waals surface area contributed by atoms with Crippen LogP contribution in [0, 0.1) is 5.92 Å². The summed E-state index contributed by atoms with van der Waals surface area (Å²) in [6, 6.07) is 1.52. The number of rotatable bonds is 3. The highest BCUT2D eigenvalue weighted by Crippen LogP contribution is 2.23. The lowest BCUT2D eigenvalue weighted by Crippen LogP contribution is -2.39. The molecule has 1 heteroatoms. The average Bonchev–Trinajstić information content (AvgIpc) is 2.04. The first-order valence-electron chi connectivity index (χ1n) is 5.48. The van der Waals surface area contributed by atoms with Gasteiger partial charge in [-0.1, -0.05) is 26.7 Å². The summed E-state index contributed by atoms with van der Waals surface area (Å²) in [5.74, 6) is 0.945. The Kier molecular flexibility index (Phi) is 4.07. The molecule has 1 saturated carbocycles. The summed E-state index contributed by atoms with van der Waals surface area (Å²) in [5, 5.41) is 3.70. The normalized spacial score (nSPS) is 33.2. The molecule has 0 spiro atoms. The van der Waals surface area contributed by atoms with Gasteiger partial charge in [0.05, 0.1) is 0 Å². The molecule has 0 amide bonds. The van der Waals surface area contributed by atoms with E-state index in [2.05, 4.69) is 26.1 Å². The lowest BCUT2D eigenvalue weighted by Gasteiger charge is -2.29. The summed E-state index contributed by atoms with van der Waals surface area (Å²) >= 11 is 0. The van der Waals surface area contributed by atoms with E-state index in [4.69, 9.17) is 0 Å². The van der Waals surface area contributed by atoms with Crippen LogP contribution in [0.3, 0.4) is 0 Å². The smallest absolute Gasteiger partial charge is 0.00720 e. The minimum atomic E-state index is 0.709. The lowest BCUT2D eigenvalue weighted by atomic mass is 9.87. The SMILES string of the molecule is CC[C@H](C)N[C@@H]1CCC[C@H](C)C1. The monoisotopic (exact) mass is 169 g/mol. The maximum Gasteiger partial charge on any atom is 0.00720 e. The molecule has 0 heterocycles. The molecule has 1 aliphatic rings. The van der Waals surface area contributed by atoms with Crippen LogP contribution < -0.4 is 5.32 Å². The highest BCUT2D eigenvalue weighted by Gasteiger charge is 2.19. The van der Waals surface area contributed by atoms with Crippen LogP contribution >= 0.6 is 0 Å². The molecular weight excluding hydrogens is 146 g/mol. The molecule has 0 aromatic carbocycles. The molecule has 0 aliphatic heterocycles. The van der Waals surface area contributed by atoms with Gasteiger partial charge in [-0.3, -0.25) is 0 Å². The maximum absolute atomic E-state index is 3.70. The zero-order chi connectivity index (χ0) is 8.97. The van der Waals surface area contributed by atoms with E-state index in [9.17, 15) is 0 Å². The first kappa shape index (κ1) is 10.0. The van der Waals surface area contributed by atoms with Gasteiger partial charge in [0.1, 0.15) is 0 Å². The van der Waals surface area contributed by atoms with Crippen LogP contribution in [0.5, 0.6) is 0 Å². The second-order valence-corrected chi connectivity index (χ2v) is 4.44. The fourth-order valence-electron chi connectivity index (χ4n) is 2.11. The second kappa shape index (κ2) is 4.86. The molecule has 0 aromatic rings. The van der Waals surface area contributed by atoms with Crippen molar-refractivity contribution in [2.24, 2.45) is 5.92 Å². The third-order valence-corrected chi connectivity index (χ3v) is 3.07. The first-order valence-corrected chi connectivity index (χ1v) is 5.48. The first-order chi connectivity index (χ1) is 5.72. The minimum absolute atomic E-state index is 0.709. The van der Waals surface area contributed by atoms with Gasteiger partial charge in [0.15, 0.2) is 0 Å². The highest BCUT2D eigenvalue weighted by atomic mass is 14.9. The number of hydrogen-bond donors (Lipinski definition) is 1. The Balaban J connectivity index is 2.22. The average molecular weight is 169 g/mol. The lowest BCUT2D eigenvalue weighted by molar-refractivity contribution is 0.282. The molecule has 1 rings (SSSR count). The predicted octanol–water partition coefficient (Wildman–Crippen LogP) is 2.95. The summed E-state index contributed by atoms with van der Waals surface area (Å²) in [7, 11) is 0. The van der Waals surface area contributed by atoms with E-state index in [1.54, 1.807) is 0 Å². The van der Waals surface area contributed by atoms with Gasteiger partial charge in [-0.2, -0.15) is 0 Å². The Labute approximate surface area is 76.9 Å². The van der Waals surface area contributed by atoms with Gasteiger partial charge < -0.3 is 5.32 Å². The molecule has 0 saturated heterocycles. The van der Waals surface area contributed by atoms with Crippen molar-refractivity contribution in [3.8, 4) is 0 Å². The molecule has 1 N–H and O–H groups in total. The van der Waals surface area contributed by atoms with Crippen molar-refractivity contribution in [3.05, 3.63) is 0 Å². The fraction of sp³-hybridized carbons (Fsp3) is 1.00. The molecule has 0 unspecified atom stereocenters. The zero-order valence-electron chi connectivity index (χ0n) is 8.77. The maximum atomic E-state index is 3.70. The van der Waals surface area contributed by atoms with Crippen LogP contribution in [0.4, 0.5) is 0 Å². The van der Waals surface area contributed by atoms with Crippen molar-refractivity contribution < 1.29 is 0 Å². The third-order valence-electron chi connectivity index (χ3n) is 3.07. The van der Waals surface area contributed by atoms with Crippen molar-refractivity contribution in [1.29, 1.82) is 0 Å².